The molecule has 0 aliphatic carbocycles. The predicted molar refractivity (Wildman–Crippen MR) is 95.0 cm³/mol. The van der Waals surface area contributed by atoms with E-state index in [9.17, 15) is 9.79 Å². The molecule has 0 aromatic carbocycles. The molecular formula is C14H33O2PS2. The smallest absolute Gasteiger partial charge is 0.198 e. The maximum Gasteiger partial charge on any atom is 0.198 e. The first-order valence-electron chi connectivity index (χ1n) is 7.77. The van der Waals surface area contributed by atoms with Gasteiger partial charge in [-0.15, -0.1) is 10.1 Å². The molecule has 0 saturated carbocycles. The van der Waals surface area contributed by atoms with Crippen LogP contribution in [-0.4, -0.2) is 21.3 Å². The second-order valence-corrected chi connectivity index (χ2v) is 13.5. The molecule has 0 aliphatic rings. The fourth-order valence-electron chi connectivity index (χ4n) is 2.09. The van der Waals surface area contributed by atoms with E-state index in [0.717, 1.165) is 24.3 Å². The first-order valence-corrected chi connectivity index (χ1v) is 12.8. The van der Waals surface area contributed by atoms with Crippen molar-refractivity contribution in [1.82, 2.24) is 0 Å². The maximum absolute atomic E-state index is 9.82. The summed E-state index contributed by atoms with van der Waals surface area (Å²) in [4.78, 5) is 19.6. The van der Waals surface area contributed by atoms with Crippen LogP contribution in [-0.2, 0) is 10.1 Å². The molecule has 0 bridgehead atoms. The van der Waals surface area contributed by atoms with Gasteiger partial charge in [-0.25, -0.2) is 0 Å². The molecule has 0 heterocycles. The van der Waals surface area contributed by atoms with Crippen molar-refractivity contribution in [3.05, 3.63) is 0 Å². The van der Waals surface area contributed by atoms with Crippen LogP contribution in [0.1, 0.15) is 78.1 Å². The van der Waals surface area contributed by atoms with Crippen LogP contribution in [0.4, 0.5) is 0 Å². The van der Waals surface area contributed by atoms with Crippen LogP contribution in [0.15, 0.2) is 0 Å². The van der Waals surface area contributed by atoms with Crippen molar-refractivity contribution in [2.75, 3.05) is 11.5 Å². The second-order valence-electron chi connectivity index (χ2n) is 5.21. The van der Waals surface area contributed by atoms with Crippen molar-refractivity contribution >= 4 is 28.0 Å². The van der Waals surface area contributed by atoms with Gasteiger partial charge in [0.05, 0.1) is 0 Å². The molecular weight excluding hydrogens is 295 g/mol. The average Bonchev–Trinajstić information content (AvgIpc) is 2.34. The van der Waals surface area contributed by atoms with Crippen molar-refractivity contribution in [1.29, 1.82) is 0 Å². The number of hydrogen-bond donors (Lipinski definition) is 3. The lowest BCUT2D eigenvalue weighted by molar-refractivity contribution is 0.502. The van der Waals surface area contributed by atoms with Gasteiger partial charge in [0.1, 0.15) is 0 Å². The third kappa shape index (κ3) is 12.5. The third-order valence-electron chi connectivity index (χ3n) is 3.31. The molecule has 0 spiro atoms. The Morgan fingerprint density at radius 2 is 1.11 bits per heavy atom. The van der Waals surface area contributed by atoms with Gasteiger partial charge in [0.15, 0.2) is 5.69 Å². The fraction of sp³-hybridized carbons (Fsp3) is 1.00. The van der Waals surface area contributed by atoms with Gasteiger partial charge in [0.2, 0.25) is 0 Å². The van der Waals surface area contributed by atoms with Crippen molar-refractivity contribution in [2.45, 2.75) is 78.1 Å². The molecule has 0 aromatic heterocycles. The number of hydrogen-bond acceptors (Lipinski definition) is 0. The molecule has 0 fully saturated rings. The van der Waals surface area contributed by atoms with Gasteiger partial charge >= 0.3 is 0 Å². The molecule has 2 N–H and O–H groups in total. The molecule has 1 atom stereocenters. The molecule has 0 rings (SSSR count). The summed E-state index contributed by atoms with van der Waals surface area (Å²) in [5, 5.41) is 0. The summed E-state index contributed by atoms with van der Waals surface area (Å²) in [5.41, 5.74) is -2.91. The largest absolute Gasteiger partial charge is 0.341 e. The van der Waals surface area contributed by atoms with Crippen LogP contribution in [0, 0.1) is 0 Å². The number of thiol groups is 1. The quantitative estimate of drug-likeness (QED) is 0.264. The van der Waals surface area contributed by atoms with E-state index in [0.29, 0.717) is 0 Å². The molecule has 0 aliphatic heterocycles. The highest BCUT2D eigenvalue weighted by atomic mass is 32.9. The number of unbranched alkanes of at least 4 members (excludes halogenated alkanes) is 8. The summed E-state index contributed by atoms with van der Waals surface area (Å²) >= 11 is 4.07. The minimum absolute atomic E-state index is 0.266. The predicted octanol–water partition coefficient (Wildman–Crippen LogP) is 5.14. The minimum Gasteiger partial charge on any atom is -0.341 e. The van der Waals surface area contributed by atoms with Crippen molar-refractivity contribution in [3.63, 3.8) is 0 Å². The van der Waals surface area contributed by atoms with Gasteiger partial charge in [0, 0.05) is 0 Å². The number of rotatable bonds is 12. The molecule has 2 nitrogen and oxygen atoms in total. The first kappa shape index (κ1) is 20.1. The van der Waals surface area contributed by atoms with Gasteiger partial charge in [-0.3, -0.25) is 0 Å². The van der Waals surface area contributed by atoms with Crippen LogP contribution in [0.2, 0.25) is 0 Å². The zero-order valence-corrected chi connectivity index (χ0v) is 15.3. The van der Waals surface area contributed by atoms with Gasteiger partial charge in [-0.1, -0.05) is 77.5 Å². The normalized spacial score (nSPS) is 13.7. The molecule has 0 aromatic rings. The van der Waals surface area contributed by atoms with Crippen LogP contribution >= 0.6 is 17.9 Å². The fourth-order valence-corrected chi connectivity index (χ4v) is 7.57. The Morgan fingerprint density at radius 1 is 0.737 bits per heavy atom. The lowest BCUT2D eigenvalue weighted by Crippen LogP contribution is -2.04. The molecule has 5 heteroatoms. The molecule has 19 heavy (non-hydrogen) atoms. The van der Waals surface area contributed by atoms with Crippen molar-refractivity contribution < 1.29 is 9.79 Å². The summed E-state index contributed by atoms with van der Waals surface area (Å²) < 4.78 is 0. The molecule has 0 saturated heterocycles. The first-order chi connectivity index (χ1) is 9.02. The van der Waals surface area contributed by atoms with Gasteiger partial charge < -0.3 is 9.79 Å². The SMILES string of the molecule is CCCCCCCCS(CCCCCC)=P(O)(O)S. The van der Waals surface area contributed by atoms with E-state index in [1.165, 1.54) is 51.4 Å². The van der Waals surface area contributed by atoms with Crippen molar-refractivity contribution in [2.24, 2.45) is 0 Å². The summed E-state index contributed by atoms with van der Waals surface area (Å²) in [6.45, 7) is 4.43. The second kappa shape index (κ2) is 12.8. The van der Waals surface area contributed by atoms with Gasteiger partial charge in [-0.05, 0) is 24.3 Å². The van der Waals surface area contributed by atoms with E-state index >= 15 is 0 Å². The Balaban J connectivity index is 3.90. The lowest BCUT2D eigenvalue weighted by atomic mass is 10.1. The molecule has 0 radical (unpaired) electrons. The molecule has 118 valence electrons. The summed E-state index contributed by atoms with van der Waals surface area (Å²) in [6, 6.07) is 0. The Hall–Kier alpha value is 1.05. The summed E-state index contributed by atoms with van der Waals surface area (Å²) in [6.07, 6.45) is 12.4. The van der Waals surface area contributed by atoms with E-state index in [1.54, 1.807) is 0 Å². The Labute approximate surface area is 127 Å². The van der Waals surface area contributed by atoms with Crippen LogP contribution in [0.25, 0.3) is 0 Å². The van der Waals surface area contributed by atoms with Crippen molar-refractivity contribution in [3.8, 4) is 0 Å². The van der Waals surface area contributed by atoms with Crippen LogP contribution in [0.5, 0.6) is 0 Å². The average molecular weight is 329 g/mol. The highest BCUT2D eigenvalue weighted by Gasteiger charge is 2.10. The summed E-state index contributed by atoms with van der Waals surface area (Å²) in [7, 11) is -0.266. The Morgan fingerprint density at radius 3 is 1.53 bits per heavy atom. The standard InChI is InChI=1S/C14H33O2PS2/c1-3-5-7-9-10-12-14-19(17(15,16)18)13-11-8-6-4-2/h15-16,18H,3-14H2,1-2H3. The third-order valence-corrected chi connectivity index (χ3v) is 10.8. The minimum atomic E-state index is -2.91. The summed E-state index contributed by atoms with van der Waals surface area (Å²) in [5.74, 6) is 1.92. The highest BCUT2D eigenvalue weighted by Crippen LogP contribution is 2.47. The maximum atomic E-state index is 9.82. The zero-order valence-electron chi connectivity index (χ0n) is 12.7. The topological polar surface area (TPSA) is 40.5 Å². The van der Waals surface area contributed by atoms with E-state index in [-0.39, 0.29) is 10.1 Å². The lowest BCUT2D eigenvalue weighted by Gasteiger charge is -2.16. The van der Waals surface area contributed by atoms with Gasteiger partial charge in [-0.2, -0.15) is 0 Å². The molecule has 1 unspecified atom stereocenters. The van der Waals surface area contributed by atoms with Crippen LogP contribution in [0.3, 0.4) is 0 Å². The van der Waals surface area contributed by atoms with Crippen LogP contribution < -0.4 is 0 Å². The van der Waals surface area contributed by atoms with E-state index in [2.05, 4.69) is 26.1 Å². The highest BCUT2D eigenvalue weighted by molar-refractivity contribution is 8.65. The Kier molecular flexibility index (Phi) is 13.5. The molecule has 0 amide bonds. The van der Waals surface area contributed by atoms with E-state index in [4.69, 9.17) is 0 Å². The zero-order chi connectivity index (χ0) is 14.6. The van der Waals surface area contributed by atoms with E-state index in [1.807, 2.05) is 0 Å². The van der Waals surface area contributed by atoms with E-state index < -0.39 is 5.69 Å². The van der Waals surface area contributed by atoms with Gasteiger partial charge in [0.25, 0.3) is 0 Å². The monoisotopic (exact) mass is 328 g/mol. The Bertz CT molecular complexity index is 256.